The van der Waals surface area contributed by atoms with Crippen molar-refractivity contribution in [3.63, 3.8) is 0 Å². The van der Waals surface area contributed by atoms with E-state index in [0.29, 0.717) is 0 Å². The maximum absolute atomic E-state index is 6.32. The number of benzene rings is 2. The van der Waals surface area contributed by atoms with Crippen LogP contribution in [0, 0.1) is 5.41 Å². The van der Waals surface area contributed by atoms with Gasteiger partial charge in [-0.25, -0.2) is 0 Å². The summed E-state index contributed by atoms with van der Waals surface area (Å²) in [5.74, 6) is 0.274. The Morgan fingerprint density at radius 3 is 1.81 bits per heavy atom. The van der Waals surface area contributed by atoms with Gasteiger partial charge in [0.15, 0.2) is 0 Å². The second-order valence-electron chi connectivity index (χ2n) is 6.94. The maximum atomic E-state index is 6.32. The third-order valence-corrected chi connectivity index (χ3v) is 5.73. The molecule has 2 aromatic carbocycles. The summed E-state index contributed by atoms with van der Waals surface area (Å²) in [6.45, 7) is 4.66. The Morgan fingerprint density at radius 1 is 0.885 bits per heavy atom. The van der Waals surface area contributed by atoms with Gasteiger partial charge in [0, 0.05) is 16.0 Å². The van der Waals surface area contributed by atoms with E-state index in [0.717, 1.165) is 16.5 Å². The Morgan fingerprint density at radius 2 is 1.38 bits per heavy atom. The smallest absolute Gasteiger partial charge is 1.00 e. The maximum Gasteiger partial charge on any atom is 2.00 e. The van der Waals surface area contributed by atoms with E-state index >= 15 is 0 Å². The Labute approximate surface area is 197 Å². The predicted molar refractivity (Wildman–Crippen MR) is 99.4 cm³/mol. The quantitative estimate of drug-likeness (QED) is 0.575. The van der Waals surface area contributed by atoms with Crippen molar-refractivity contribution in [2.75, 3.05) is 0 Å². The van der Waals surface area contributed by atoms with Crippen molar-refractivity contribution in [1.29, 1.82) is 0 Å². The average molecular weight is 503 g/mol. The van der Waals surface area contributed by atoms with E-state index in [-0.39, 0.29) is 62.4 Å². The molecule has 0 atom stereocenters. The molecule has 0 heterocycles. The van der Waals surface area contributed by atoms with Gasteiger partial charge >= 0.3 is 26.2 Å². The van der Waals surface area contributed by atoms with Crippen LogP contribution in [0.5, 0.6) is 0 Å². The van der Waals surface area contributed by atoms with Crippen molar-refractivity contribution in [3.8, 4) is 11.1 Å². The van der Waals surface area contributed by atoms with Crippen LogP contribution in [0.15, 0.2) is 60.2 Å². The number of allylic oxidation sites excluding steroid dienone is 4. The normalized spacial score (nSPS) is 14.5. The third kappa shape index (κ3) is 3.89. The minimum atomic E-state index is 0. The van der Waals surface area contributed by atoms with Crippen LogP contribution < -0.4 is 24.8 Å². The summed E-state index contributed by atoms with van der Waals surface area (Å²) in [5.41, 5.74) is 6.66. The van der Waals surface area contributed by atoms with E-state index in [4.69, 9.17) is 23.2 Å². The van der Waals surface area contributed by atoms with E-state index in [1.807, 2.05) is 12.1 Å². The van der Waals surface area contributed by atoms with Gasteiger partial charge in [-0.05, 0) is 58.4 Å². The molecule has 0 aromatic heterocycles. The van der Waals surface area contributed by atoms with E-state index in [9.17, 15) is 0 Å². The fourth-order valence-corrected chi connectivity index (χ4v) is 4.45. The monoisotopic (exact) mass is 500 g/mol. The van der Waals surface area contributed by atoms with Gasteiger partial charge in [-0.2, -0.15) is 0 Å². The summed E-state index contributed by atoms with van der Waals surface area (Å²) >= 11 is 12.6. The molecular weight excluding hydrogens is 485 g/mol. The van der Waals surface area contributed by atoms with Gasteiger partial charge in [0.1, 0.15) is 0 Å². The van der Waals surface area contributed by atoms with Gasteiger partial charge in [0.2, 0.25) is 0 Å². The zero-order valence-corrected chi connectivity index (χ0v) is 20.0. The molecule has 2 aromatic rings. The van der Waals surface area contributed by atoms with Crippen molar-refractivity contribution < 1.29 is 51.0 Å². The Hall–Kier alpha value is -0.0369. The van der Waals surface area contributed by atoms with Gasteiger partial charge in [0.25, 0.3) is 0 Å². The summed E-state index contributed by atoms with van der Waals surface area (Å²) < 4.78 is 0. The molecule has 0 bridgehead atoms. The molecule has 4 rings (SSSR count). The Kier molecular flexibility index (Phi) is 8.29. The largest absolute Gasteiger partial charge is 2.00 e. The van der Waals surface area contributed by atoms with Crippen molar-refractivity contribution in [1.82, 2.24) is 0 Å². The van der Waals surface area contributed by atoms with Crippen LogP contribution in [0.3, 0.4) is 0 Å². The molecular formula is C21H18Cl4Zr. The second kappa shape index (κ2) is 8.98. The molecule has 0 fully saturated rings. The van der Waals surface area contributed by atoms with Gasteiger partial charge < -0.3 is 24.8 Å². The molecule has 2 aliphatic rings. The van der Waals surface area contributed by atoms with Crippen LogP contribution in [0.1, 0.15) is 37.3 Å². The first-order chi connectivity index (χ1) is 11.0. The van der Waals surface area contributed by atoms with Crippen LogP contribution in [-0.4, -0.2) is 0 Å². The first-order valence-electron chi connectivity index (χ1n) is 7.94. The summed E-state index contributed by atoms with van der Waals surface area (Å²) in [5, 5.41) is 1.59. The van der Waals surface area contributed by atoms with Crippen molar-refractivity contribution >= 4 is 23.2 Å². The summed E-state index contributed by atoms with van der Waals surface area (Å²) in [4.78, 5) is 0. The molecule has 0 amide bonds. The molecule has 0 saturated carbocycles. The average Bonchev–Trinajstić information content (AvgIpc) is 3.12. The number of rotatable bonds is 2. The van der Waals surface area contributed by atoms with E-state index in [2.05, 4.69) is 56.3 Å². The van der Waals surface area contributed by atoms with Gasteiger partial charge in [-0.15, -0.1) is 0 Å². The molecule has 5 heteroatoms. The summed E-state index contributed by atoms with van der Waals surface area (Å²) in [7, 11) is 0. The molecule has 134 valence electrons. The minimum Gasteiger partial charge on any atom is -1.00 e. The summed E-state index contributed by atoms with van der Waals surface area (Å²) in [6, 6.07) is 12.5. The zero-order chi connectivity index (χ0) is 16.2. The molecule has 2 aliphatic carbocycles. The molecule has 0 radical (unpaired) electrons. The van der Waals surface area contributed by atoms with Crippen LogP contribution in [0.2, 0.25) is 10.0 Å². The van der Waals surface area contributed by atoms with Crippen molar-refractivity contribution in [3.05, 3.63) is 81.4 Å². The van der Waals surface area contributed by atoms with Crippen LogP contribution in [0.25, 0.3) is 11.1 Å². The first kappa shape index (κ1) is 24.0. The fourth-order valence-electron chi connectivity index (χ4n) is 4.09. The molecule has 0 aliphatic heterocycles. The van der Waals surface area contributed by atoms with E-state index in [1.165, 1.54) is 27.8 Å². The Bertz CT molecular complexity index is 817. The number of hydrogen-bond acceptors (Lipinski definition) is 0. The topological polar surface area (TPSA) is 0 Å². The van der Waals surface area contributed by atoms with Crippen molar-refractivity contribution in [2.45, 2.75) is 26.2 Å². The molecule has 26 heavy (non-hydrogen) atoms. The van der Waals surface area contributed by atoms with Crippen LogP contribution in [0.4, 0.5) is 0 Å². The van der Waals surface area contributed by atoms with Gasteiger partial charge in [-0.3, -0.25) is 0 Å². The molecule has 0 unspecified atom stereocenters. The van der Waals surface area contributed by atoms with E-state index < -0.39 is 0 Å². The minimum absolute atomic E-state index is 0. The van der Waals surface area contributed by atoms with Gasteiger partial charge in [-0.1, -0.05) is 73.0 Å². The van der Waals surface area contributed by atoms with Crippen molar-refractivity contribution in [2.24, 2.45) is 5.41 Å². The van der Waals surface area contributed by atoms with Crippen LogP contribution in [-0.2, 0) is 26.2 Å². The summed E-state index contributed by atoms with van der Waals surface area (Å²) in [6.07, 6.45) is 7.66. The standard InChI is InChI=1S/C21H18Cl2.2ClH.Zr/c1-21(2,13-5-3-4-6-13)20-18-11-14(22)7-9-16(18)17-10-8-15(23)12-19(17)20;;;/h3-5,7-12,20H,6H2,1-2H3;2*1H;/q;;;+2/p-2. The van der Waals surface area contributed by atoms with Crippen LogP contribution >= 0.6 is 23.2 Å². The fraction of sp³-hybridized carbons (Fsp3) is 0.238. The number of fused-ring (bicyclic) bond motifs is 3. The van der Waals surface area contributed by atoms with E-state index in [1.54, 1.807) is 0 Å². The number of halogens is 4. The molecule has 0 N–H and O–H groups in total. The number of hydrogen-bond donors (Lipinski definition) is 0. The van der Waals surface area contributed by atoms with Gasteiger partial charge in [0.05, 0.1) is 0 Å². The molecule has 0 spiro atoms. The third-order valence-electron chi connectivity index (χ3n) is 5.26. The predicted octanol–water partition coefficient (Wildman–Crippen LogP) is 1.02. The second-order valence-corrected chi connectivity index (χ2v) is 7.81. The Balaban J connectivity index is 0.00000113. The zero-order valence-electron chi connectivity index (χ0n) is 14.5. The first-order valence-corrected chi connectivity index (χ1v) is 8.69. The molecule has 0 saturated heterocycles. The SMILES string of the molecule is CC(C)(C1=CC=CC1)C1c2cc(Cl)ccc2-c2ccc(Cl)cc21.[Cl-].[Cl-].[Zr+2]. The molecule has 0 nitrogen and oxygen atoms in total.